The van der Waals surface area contributed by atoms with E-state index >= 15 is 0 Å². The molecule has 0 fully saturated rings. The van der Waals surface area contributed by atoms with Gasteiger partial charge < -0.3 is 42.4 Å². The third-order valence-corrected chi connectivity index (χ3v) is 15.2. The van der Waals surface area contributed by atoms with Gasteiger partial charge in [0.2, 0.25) is 0 Å². The van der Waals surface area contributed by atoms with E-state index < -0.39 is 64.2 Å². The molecule has 0 rings (SSSR count). The van der Waals surface area contributed by atoms with Crippen LogP contribution in [-0.2, 0) is 37.2 Å². The molecule has 64 heavy (non-hydrogen) atoms. The highest BCUT2D eigenvalue weighted by molar-refractivity contribution is 7.54. The number of nitrogens with zero attached hydrogens (tertiary/aromatic N) is 2. The van der Waals surface area contributed by atoms with E-state index in [4.69, 9.17) is 18.5 Å². The molecular weight excluding hydrogens is 854 g/mol. The summed E-state index contributed by atoms with van der Waals surface area (Å²) in [5, 5.41) is 10.1. The van der Waals surface area contributed by atoms with E-state index in [-0.39, 0.29) is 26.1 Å². The Hall–Kier alpha value is -1.40. The Bertz CT molecular complexity index is 1330. The van der Waals surface area contributed by atoms with Crippen molar-refractivity contribution < 1.29 is 61.1 Å². The second-order valence-corrected chi connectivity index (χ2v) is 24.1. The van der Waals surface area contributed by atoms with Gasteiger partial charge in [-0.05, 0) is 64.2 Å². The summed E-state index contributed by atoms with van der Waals surface area (Å²) < 4.78 is 50.0. The normalized spacial score (nSPS) is 15.9. The van der Waals surface area contributed by atoms with Crippen molar-refractivity contribution in [3.8, 4) is 0 Å². The van der Waals surface area contributed by atoms with Crippen LogP contribution in [0.3, 0.4) is 0 Å². The summed E-state index contributed by atoms with van der Waals surface area (Å²) in [4.78, 5) is 48.4. The molecule has 5 atom stereocenters. The fourth-order valence-corrected chi connectivity index (χ4v) is 9.93. The fraction of sp³-hybridized carbons (Fsp3) is 0.878. The van der Waals surface area contributed by atoms with Crippen molar-refractivity contribution in [2.24, 2.45) is 0 Å². The zero-order valence-corrected chi connectivity index (χ0v) is 43.9. The van der Waals surface area contributed by atoms with Crippen LogP contribution in [0.25, 0.3) is 0 Å². The summed E-state index contributed by atoms with van der Waals surface area (Å²) in [6.07, 6.45) is 31.5. The molecular formula is C49H98N2O11P2+2. The number of carbonyl (C=O) groups excluding carboxylic acids is 2. The third-order valence-electron chi connectivity index (χ3n) is 11.3. The van der Waals surface area contributed by atoms with E-state index in [1.807, 2.05) is 42.3 Å². The zero-order chi connectivity index (χ0) is 48.2. The monoisotopic (exact) mass is 953 g/mol. The number of likely N-dealkylation sites (N-methyl/N-ethyl adjacent to an activating group) is 2. The zero-order valence-electron chi connectivity index (χ0n) is 42.1. The number of rotatable bonds is 44. The predicted octanol–water partition coefficient (Wildman–Crippen LogP) is 11.3. The van der Waals surface area contributed by atoms with Crippen molar-refractivity contribution in [2.45, 2.75) is 198 Å². The second kappa shape index (κ2) is 37.6. The molecule has 0 amide bonds. The molecule has 13 nitrogen and oxygen atoms in total. The first-order valence-electron chi connectivity index (χ1n) is 25.1. The quantitative estimate of drug-likeness (QED) is 0.0175. The number of carbonyl (C=O) groups is 2. The first-order valence-corrected chi connectivity index (χ1v) is 28.4. The number of allylic oxidation sites excluding steroid dienone is 4. The topological polar surface area (TPSA) is 166 Å². The summed E-state index contributed by atoms with van der Waals surface area (Å²) in [6.45, 7) is 4.40. The summed E-state index contributed by atoms with van der Waals surface area (Å²) in [6, 6.07) is 0. The highest BCUT2D eigenvalue weighted by Gasteiger charge is 2.37. The van der Waals surface area contributed by atoms with Gasteiger partial charge in [-0.15, -0.1) is 0 Å². The fourth-order valence-electron chi connectivity index (χ4n) is 7.04. The SMILES string of the molecule is CCCCCCCC/C=C\CCCCCC(CC(=O)OCC(CO)OC(=O)CC(CCCCC/C=C\CCCCCCCC)P(=O)(O)OCC[N+](C)(C)C)P(=O)(O)OCC[N+](C)(C)C. The van der Waals surface area contributed by atoms with Crippen LogP contribution in [0.2, 0.25) is 0 Å². The number of quaternary nitrogens is 2. The Morgan fingerprint density at radius 3 is 1.23 bits per heavy atom. The van der Waals surface area contributed by atoms with E-state index in [2.05, 4.69) is 38.2 Å². The Labute approximate surface area is 391 Å². The van der Waals surface area contributed by atoms with E-state index in [1.54, 1.807) is 0 Å². The van der Waals surface area contributed by atoms with E-state index in [0.29, 0.717) is 41.3 Å². The van der Waals surface area contributed by atoms with Crippen LogP contribution < -0.4 is 0 Å². The van der Waals surface area contributed by atoms with E-state index in [0.717, 1.165) is 51.4 Å². The average Bonchev–Trinajstić information content (AvgIpc) is 3.20. The van der Waals surface area contributed by atoms with Crippen molar-refractivity contribution in [3.63, 3.8) is 0 Å². The lowest BCUT2D eigenvalue weighted by Crippen LogP contribution is -2.37. The molecule has 0 radical (unpaired) electrons. The molecule has 0 heterocycles. The molecule has 0 bridgehead atoms. The molecule has 0 saturated heterocycles. The number of esters is 2. The molecule has 0 aliphatic heterocycles. The van der Waals surface area contributed by atoms with Crippen LogP contribution in [-0.4, -0.2) is 135 Å². The Kier molecular flexibility index (Phi) is 36.7. The smallest absolute Gasteiger partial charge is 0.331 e. The van der Waals surface area contributed by atoms with Gasteiger partial charge in [0, 0.05) is 0 Å². The van der Waals surface area contributed by atoms with Gasteiger partial charge in [-0.1, -0.05) is 128 Å². The molecule has 15 heteroatoms. The molecule has 3 N–H and O–H groups in total. The summed E-state index contributed by atoms with van der Waals surface area (Å²) in [5.74, 6) is -1.59. The molecule has 378 valence electrons. The van der Waals surface area contributed by atoms with Crippen LogP contribution >= 0.6 is 15.2 Å². The Morgan fingerprint density at radius 2 is 0.875 bits per heavy atom. The number of aliphatic hydroxyl groups is 1. The first kappa shape index (κ1) is 62.6. The van der Waals surface area contributed by atoms with Gasteiger partial charge in [0.05, 0.1) is 73.1 Å². The summed E-state index contributed by atoms with van der Waals surface area (Å²) in [7, 11) is 3.28. The summed E-state index contributed by atoms with van der Waals surface area (Å²) >= 11 is 0. The second-order valence-electron chi connectivity index (χ2n) is 19.8. The third kappa shape index (κ3) is 37.7. The minimum Gasteiger partial charge on any atom is -0.462 e. The molecule has 5 unspecified atom stereocenters. The van der Waals surface area contributed by atoms with Gasteiger partial charge in [0.25, 0.3) is 0 Å². The molecule has 0 saturated carbocycles. The summed E-state index contributed by atoms with van der Waals surface area (Å²) in [5.41, 5.74) is -1.99. The van der Waals surface area contributed by atoms with E-state index in [9.17, 15) is 33.6 Å². The number of hydrogen-bond donors (Lipinski definition) is 3. The highest BCUT2D eigenvalue weighted by atomic mass is 31.2. The molecule has 0 aromatic carbocycles. The van der Waals surface area contributed by atoms with Crippen molar-refractivity contribution in [1.29, 1.82) is 0 Å². The van der Waals surface area contributed by atoms with Crippen LogP contribution in [0.5, 0.6) is 0 Å². The average molecular weight is 953 g/mol. The molecule has 0 aliphatic carbocycles. The van der Waals surface area contributed by atoms with Gasteiger partial charge in [-0.2, -0.15) is 0 Å². The predicted molar refractivity (Wildman–Crippen MR) is 263 cm³/mol. The Balaban J connectivity index is 5.29. The number of ether oxygens (including phenoxy) is 2. The largest absolute Gasteiger partial charge is 0.462 e. The molecule has 0 aromatic rings. The van der Waals surface area contributed by atoms with Crippen molar-refractivity contribution in [3.05, 3.63) is 24.3 Å². The maximum atomic E-state index is 13.5. The van der Waals surface area contributed by atoms with Crippen molar-refractivity contribution in [2.75, 3.05) is 81.8 Å². The van der Waals surface area contributed by atoms with Gasteiger partial charge >= 0.3 is 27.1 Å². The molecule has 0 aliphatic rings. The number of unbranched alkanes of at least 4 members (excludes halogenated alkanes) is 18. The molecule has 0 aromatic heterocycles. The first-order chi connectivity index (χ1) is 30.3. The van der Waals surface area contributed by atoms with Crippen LogP contribution in [0.15, 0.2) is 24.3 Å². The van der Waals surface area contributed by atoms with Crippen LogP contribution in [0.4, 0.5) is 0 Å². The lowest BCUT2D eigenvalue weighted by Gasteiger charge is -2.27. The minimum absolute atomic E-state index is 0.0424. The standard InChI is InChI=1S/C49H96N2O11P2/c1-9-11-13-15-17-19-21-23-25-27-29-31-33-35-46(63(55,56)60-39-37-50(3,4)5)41-48(53)59-44-45(43-52)62-49(54)42-47(64(57,58)61-40-38-51(6,7)8)36-34-32-30-28-26-24-22-20-18-16-14-12-10-2/h23-26,45-47,52H,9-22,27-44H2,1-8H3/p+2/b25-23-,26-24-. The van der Waals surface area contributed by atoms with Crippen LogP contribution in [0.1, 0.15) is 181 Å². The number of hydrogen-bond acceptors (Lipinski definition) is 9. The number of aliphatic hydroxyl groups excluding tert-OH is 1. The van der Waals surface area contributed by atoms with Crippen molar-refractivity contribution >= 4 is 27.1 Å². The minimum atomic E-state index is -4.23. The lowest BCUT2D eigenvalue weighted by atomic mass is 10.1. The van der Waals surface area contributed by atoms with Gasteiger partial charge in [0.15, 0.2) is 6.10 Å². The van der Waals surface area contributed by atoms with E-state index in [1.165, 1.54) is 77.0 Å². The maximum Gasteiger partial charge on any atom is 0.331 e. The highest BCUT2D eigenvalue weighted by Crippen LogP contribution is 2.52. The van der Waals surface area contributed by atoms with Gasteiger partial charge in [-0.25, -0.2) is 0 Å². The van der Waals surface area contributed by atoms with Crippen molar-refractivity contribution in [1.82, 2.24) is 0 Å². The van der Waals surface area contributed by atoms with Gasteiger partial charge in [0.1, 0.15) is 32.9 Å². The molecule has 0 spiro atoms. The van der Waals surface area contributed by atoms with Crippen LogP contribution in [0, 0.1) is 0 Å². The lowest BCUT2D eigenvalue weighted by molar-refractivity contribution is -0.870. The Morgan fingerprint density at radius 1 is 0.531 bits per heavy atom. The maximum absolute atomic E-state index is 13.5. The van der Waals surface area contributed by atoms with Gasteiger partial charge in [-0.3, -0.25) is 18.7 Å².